The topological polar surface area (TPSA) is 36.9 Å². The monoisotopic (exact) mass is 188 g/mol. The third-order valence-corrected chi connectivity index (χ3v) is 2.40. The standard InChI is InChI=1S/C9H16O4/c1-7-11-5-9(13-7)3-2-8-4-10-6-12-8/h7-9H,2-6H2,1H3. The van der Waals surface area contributed by atoms with Crippen LogP contribution in [-0.2, 0) is 18.9 Å². The minimum absolute atomic E-state index is 0.0363. The lowest BCUT2D eigenvalue weighted by Crippen LogP contribution is -2.16. The molecule has 0 radical (unpaired) electrons. The number of rotatable bonds is 3. The third kappa shape index (κ3) is 2.64. The fourth-order valence-electron chi connectivity index (χ4n) is 1.65. The zero-order valence-corrected chi connectivity index (χ0v) is 7.90. The first-order valence-corrected chi connectivity index (χ1v) is 4.81. The molecule has 4 heteroatoms. The molecule has 0 bridgehead atoms. The summed E-state index contributed by atoms with van der Waals surface area (Å²) in [5, 5.41) is 0. The van der Waals surface area contributed by atoms with Crippen LogP contribution in [0.1, 0.15) is 19.8 Å². The Morgan fingerprint density at radius 1 is 1.08 bits per heavy atom. The van der Waals surface area contributed by atoms with Gasteiger partial charge in [-0.05, 0) is 19.8 Å². The second-order valence-electron chi connectivity index (χ2n) is 3.51. The van der Waals surface area contributed by atoms with Crippen molar-refractivity contribution in [2.75, 3.05) is 20.0 Å². The molecule has 0 aromatic rings. The number of hydrogen-bond acceptors (Lipinski definition) is 4. The molecule has 2 saturated heterocycles. The van der Waals surface area contributed by atoms with Gasteiger partial charge in [0.15, 0.2) is 6.29 Å². The van der Waals surface area contributed by atoms with Crippen LogP contribution in [0.4, 0.5) is 0 Å². The lowest BCUT2D eigenvalue weighted by Gasteiger charge is -2.11. The number of ether oxygens (including phenoxy) is 4. The van der Waals surface area contributed by atoms with Gasteiger partial charge in [-0.25, -0.2) is 0 Å². The Kier molecular flexibility index (Phi) is 3.16. The van der Waals surface area contributed by atoms with E-state index in [1.165, 1.54) is 0 Å². The van der Waals surface area contributed by atoms with Crippen molar-refractivity contribution in [3.8, 4) is 0 Å². The molecule has 0 saturated carbocycles. The first-order chi connectivity index (χ1) is 6.34. The van der Waals surface area contributed by atoms with Crippen LogP contribution in [0, 0.1) is 0 Å². The van der Waals surface area contributed by atoms with Gasteiger partial charge < -0.3 is 18.9 Å². The highest BCUT2D eigenvalue weighted by molar-refractivity contribution is 4.68. The van der Waals surface area contributed by atoms with Crippen molar-refractivity contribution in [2.45, 2.75) is 38.3 Å². The summed E-state index contributed by atoms with van der Waals surface area (Å²) < 4.78 is 21.2. The van der Waals surface area contributed by atoms with E-state index < -0.39 is 0 Å². The van der Waals surface area contributed by atoms with E-state index in [-0.39, 0.29) is 18.5 Å². The van der Waals surface area contributed by atoms with Gasteiger partial charge in [-0.2, -0.15) is 0 Å². The zero-order valence-electron chi connectivity index (χ0n) is 7.90. The lowest BCUT2D eigenvalue weighted by atomic mass is 10.1. The molecule has 2 aliphatic rings. The van der Waals surface area contributed by atoms with Crippen LogP contribution >= 0.6 is 0 Å². The summed E-state index contributed by atoms with van der Waals surface area (Å²) in [6.45, 7) is 3.82. The van der Waals surface area contributed by atoms with Crippen molar-refractivity contribution in [3.05, 3.63) is 0 Å². The zero-order chi connectivity index (χ0) is 9.10. The Hall–Kier alpha value is -0.160. The Balaban J connectivity index is 1.62. The second-order valence-corrected chi connectivity index (χ2v) is 3.51. The van der Waals surface area contributed by atoms with Gasteiger partial charge in [0.1, 0.15) is 6.79 Å². The van der Waals surface area contributed by atoms with Gasteiger partial charge in [-0.3, -0.25) is 0 Å². The van der Waals surface area contributed by atoms with Crippen LogP contribution in [-0.4, -0.2) is 38.5 Å². The van der Waals surface area contributed by atoms with Crippen molar-refractivity contribution < 1.29 is 18.9 Å². The van der Waals surface area contributed by atoms with Crippen LogP contribution in [0.15, 0.2) is 0 Å². The molecule has 0 aromatic heterocycles. The molecular weight excluding hydrogens is 172 g/mol. The van der Waals surface area contributed by atoms with E-state index in [1.54, 1.807) is 0 Å². The Morgan fingerprint density at radius 2 is 1.92 bits per heavy atom. The highest BCUT2D eigenvalue weighted by atomic mass is 16.7. The Morgan fingerprint density at radius 3 is 2.54 bits per heavy atom. The third-order valence-electron chi connectivity index (χ3n) is 2.40. The predicted molar refractivity (Wildman–Crippen MR) is 45.2 cm³/mol. The fourth-order valence-corrected chi connectivity index (χ4v) is 1.65. The van der Waals surface area contributed by atoms with E-state index >= 15 is 0 Å². The predicted octanol–water partition coefficient (Wildman–Crippen LogP) is 0.901. The average Bonchev–Trinajstić information content (AvgIpc) is 2.71. The minimum Gasteiger partial charge on any atom is -0.353 e. The summed E-state index contributed by atoms with van der Waals surface area (Å²) in [6, 6.07) is 0. The van der Waals surface area contributed by atoms with E-state index in [1.807, 2.05) is 6.92 Å². The molecule has 0 amide bonds. The Labute approximate surface area is 78.1 Å². The molecule has 0 N–H and O–H groups in total. The largest absolute Gasteiger partial charge is 0.353 e. The van der Waals surface area contributed by atoms with E-state index in [0.29, 0.717) is 6.79 Å². The van der Waals surface area contributed by atoms with Gasteiger partial charge in [-0.1, -0.05) is 0 Å². The van der Waals surface area contributed by atoms with Gasteiger partial charge in [0.05, 0.1) is 25.4 Å². The minimum atomic E-state index is -0.0363. The van der Waals surface area contributed by atoms with Crippen LogP contribution in [0.2, 0.25) is 0 Å². The van der Waals surface area contributed by atoms with Crippen molar-refractivity contribution >= 4 is 0 Å². The maximum atomic E-state index is 5.50. The quantitative estimate of drug-likeness (QED) is 0.659. The van der Waals surface area contributed by atoms with E-state index in [9.17, 15) is 0 Å². The van der Waals surface area contributed by atoms with Crippen LogP contribution < -0.4 is 0 Å². The molecule has 3 atom stereocenters. The Bertz CT molecular complexity index is 156. The molecular formula is C9H16O4. The van der Waals surface area contributed by atoms with Gasteiger partial charge in [0.25, 0.3) is 0 Å². The maximum absolute atomic E-state index is 5.50. The molecule has 76 valence electrons. The summed E-state index contributed by atoms with van der Waals surface area (Å²) in [4.78, 5) is 0. The summed E-state index contributed by atoms with van der Waals surface area (Å²) in [5.41, 5.74) is 0. The summed E-state index contributed by atoms with van der Waals surface area (Å²) in [7, 11) is 0. The van der Waals surface area contributed by atoms with E-state index in [4.69, 9.17) is 18.9 Å². The second kappa shape index (κ2) is 4.37. The van der Waals surface area contributed by atoms with Gasteiger partial charge in [-0.15, -0.1) is 0 Å². The molecule has 2 heterocycles. The molecule has 2 aliphatic heterocycles. The molecule has 3 unspecified atom stereocenters. The number of hydrogen-bond donors (Lipinski definition) is 0. The highest BCUT2D eigenvalue weighted by Gasteiger charge is 2.24. The average molecular weight is 188 g/mol. The first kappa shape index (κ1) is 9.40. The van der Waals surface area contributed by atoms with Crippen molar-refractivity contribution in [1.82, 2.24) is 0 Å². The molecule has 0 aromatic carbocycles. The van der Waals surface area contributed by atoms with Gasteiger partial charge in [0, 0.05) is 0 Å². The first-order valence-electron chi connectivity index (χ1n) is 4.81. The molecule has 2 rings (SSSR count). The highest BCUT2D eigenvalue weighted by Crippen LogP contribution is 2.18. The molecule has 2 fully saturated rings. The summed E-state index contributed by atoms with van der Waals surface area (Å²) in [5.74, 6) is 0. The van der Waals surface area contributed by atoms with Crippen LogP contribution in [0.5, 0.6) is 0 Å². The van der Waals surface area contributed by atoms with Crippen molar-refractivity contribution in [3.63, 3.8) is 0 Å². The lowest BCUT2D eigenvalue weighted by molar-refractivity contribution is -0.0453. The van der Waals surface area contributed by atoms with Crippen LogP contribution in [0.25, 0.3) is 0 Å². The maximum Gasteiger partial charge on any atom is 0.155 e. The fraction of sp³-hybridized carbons (Fsp3) is 1.00. The van der Waals surface area contributed by atoms with Crippen molar-refractivity contribution in [2.24, 2.45) is 0 Å². The van der Waals surface area contributed by atoms with E-state index in [2.05, 4.69) is 0 Å². The van der Waals surface area contributed by atoms with E-state index in [0.717, 1.165) is 26.1 Å². The molecule has 4 nitrogen and oxygen atoms in total. The molecule has 13 heavy (non-hydrogen) atoms. The summed E-state index contributed by atoms with van der Waals surface area (Å²) in [6.07, 6.45) is 2.48. The van der Waals surface area contributed by atoms with Crippen LogP contribution in [0.3, 0.4) is 0 Å². The van der Waals surface area contributed by atoms with Gasteiger partial charge >= 0.3 is 0 Å². The molecule has 0 spiro atoms. The summed E-state index contributed by atoms with van der Waals surface area (Å²) >= 11 is 0. The normalized spacial score (nSPS) is 39.9. The molecule has 0 aliphatic carbocycles. The van der Waals surface area contributed by atoms with Crippen molar-refractivity contribution in [1.29, 1.82) is 0 Å². The van der Waals surface area contributed by atoms with Gasteiger partial charge in [0.2, 0.25) is 0 Å². The SMILES string of the molecule is CC1OCC(CCC2COCO2)O1. The smallest absolute Gasteiger partial charge is 0.155 e.